The van der Waals surface area contributed by atoms with E-state index in [4.69, 9.17) is 9.47 Å². The quantitative estimate of drug-likeness (QED) is 0.356. The number of ether oxygens (including phenoxy) is 2. The maximum absolute atomic E-state index is 13.7. The van der Waals surface area contributed by atoms with Crippen molar-refractivity contribution in [2.45, 2.75) is 58.7 Å². The van der Waals surface area contributed by atoms with Crippen LogP contribution in [0.1, 0.15) is 49.3 Å². The fraction of sp³-hybridized carbons (Fsp3) is 0.481. The molecule has 2 aromatic rings. The molecule has 0 radical (unpaired) electrons. The third-order valence-corrected chi connectivity index (χ3v) is 12.7. The van der Waals surface area contributed by atoms with Crippen LogP contribution < -0.4 is 10.1 Å². The van der Waals surface area contributed by atoms with Gasteiger partial charge in [0.1, 0.15) is 0 Å². The molecule has 3 rings (SSSR count). The zero-order valence-corrected chi connectivity index (χ0v) is 21.4. The first kappa shape index (κ1) is 25.2. The summed E-state index contributed by atoms with van der Waals surface area (Å²) in [5.41, 5.74) is 3.73. The summed E-state index contributed by atoms with van der Waals surface area (Å²) in [5.74, 6) is 0.701. The van der Waals surface area contributed by atoms with Gasteiger partial charge in [-0.25, -0.2) is 0 Å². The second-order valence-corrected chi connectivity index (χ2v) is 14.1. The van der Waals surface area contributed by atoms with Gasteiger partial charge in [-0.3, -0.25) is 0 Å². The molecule has 0 bridgehead atoms. The molecule has 180 valence electrons. The standard InChI is InChI=1S/C27H38NO4P/c1-5-11-24(27(30)28-26-20(2)16-23(31-4)17-21(26)3)33(14-9-10-15-33)19-25(29)32-18-22-12-7-6-8-13-22/h6-8,12-13,16-17,24,33H,5,9-11,14-15,18-19H2,1-4H3,(H,28,30). The Bertz CT molecular complexity index is 931. The van der Waals surface area contributed by atoms with Crippen molar-refractivity contribution in [3.63, 3.8) is 0 Å². The Hall–Kier alpha value is -2.39. The maximum atomic E-state index is 13.7. The second kappa shape index (κ2) is 11.7. The Morgan fingerprint density at radius 2 is 1.70 bits per heavy atom. The average molecular weight is 472 g/mol. The summed E-state index contributed by atoms with van der Waals surface area (Å²) < 4.78 is 11.0. The van der Waals surface area contributed by atoms with Crippen molar-refractivity contribution < 1.29 is 19.1 Å². The van der Waals surface area contributed by atoms with Crippen LogP contribution in [0.25, 0.3) is 0 Å². The van der Waals surface area contributed by atoms with E-state index in [-0.39, 0.29) is 17.5 Å². The van der Waals surface area contributed by atoms with E-state index < -0.39 is 7.26 Å². The fourth-order valence-corrected chi connectivity index (χ4v) is 10.9. The van der Waals surface area contributed by atoms with E-state index in [0.29, 0.717) is 12.8 Å². The molecule has 1 aliphatic heterocycles. The summed E-state index contributed by atoms with van der Waals surface area (Å²) in [5, 5.41) is 3.24. The summed E-state index contributed by atoms with van der Waals surface area (Å²) >= 11 is 0. The number of carbonyl (C=O) groups excluding carboxylic acids is 2. The molecular weight excluding hydrogens is 433 g/mol. The summed E-state index contributed by atoms with van der Waals surface area (Å²) in [6.07, 6.45) is 6.42. The van der Waals surface area contributed by atoms with Crippen LogP contribution in [0.3, 0.4) is 0 Å². The summed E-state index contributed by atoms with van der Waals surface area (Å²) in [6, 6.07) is 13.7. The molecule has 1 heterocycles. The number of rotatable bonds is 10. The summed E-state index contributed by atoms with van der Waals surface area (Å²) in [6.45, 7) is 6.39. The number of benzene rings is 2. The van der Waals surface area contributed by atoms with E-state index in [1.54, 1.807) is 7.11 Å². The van der Waals surface area contributed by atoms with Gasteiger partial charge in [-0.2, -0.15) is 0 Å². The Balaban J connectivity index is 1.76. The number of aryl methyl sites for hydroxylation is 2. The van der Waals surface area contributed by atoms with Crippen LogP contribution in [0.15, 0.2) is 42.5 Å². The molecule has 1 N–H and O–H groups in total. The third kappa shape index (κ3) is 6.35. The third-order valence-electron chi connectivity index (χ3n) is 6.96. The minimum absolute atomic E-state index is 0.0673. The fourth-order valence-electron chi connectivity index (χ4n) is 5.26. The van der Waals surface area contributed by atoms with E-state index >= 15 is 0 Å². The number of anilines is 1. The van der Waals surface area contributed by atoms with E-state index in [1.807, 2.05) is 56.3 Å². The van der Waals surface area contributed by atoms with Gasteiger partial charge in [0, 0.05) is 0 Å². The van der Waals surface area contributed by atoms with Crippen LogP contribution in [0.2, 0.25) is 0 Å². The van der Waals surface area contributed by atoms with E-state index in [2.05, 4.69) is 12.2 Å². The average Bonchev–Trinajstić information content (AvgIpc) is 3.27. The molecule has 2 aromatic carbocycles. The molecule has 0 aliphatic carbocycles. The Kier molecular flexibility index (Phi) is 8.91. The number of hydrogen-bond acceptors (Lipinski definition) is 4. The number of methoxy groups -OCH3 is 1. The Labute approximate surface area is 198 Å². The van der Waals surface area contributed by atoms with Crippen molar-refractivity contribution in [2.75, 3.05) is 30.9 Å². The van der Waals surface area contributed by atoms with Crippen LogP contribution in [0.5, 0.6) is 5.75 Å². The number of nitrogens with one attached hydrogen (secondary N) is 1. The number of esters is 1. The molecule has 1 fully saturated rings. The number of amides is 1. The van der Waals surface area contributed by atoms with Crippen molar-refractivity contribution in [1.29, 1.82) is 0 Å². The summed E-state index contributed by atoms with van der Waals surface area (Å²) in [4.78, 5) is 26.6. The van der Waals surface area contributed by atoms with Crippen LogP contribution in [0, 0.1) is 13.8 Å². The molecule has 33 heavy (non-hydrogen) atoms. The molecular formula is C27H38NO4P. The zero-order valence-electron chi connectivity index (χ0n) is 20.4. The topological polar surface area (TPSA) is 64.6 Å². The molecule has 5 nitrogen and oxygen atoms in total. The summed E-state index contributed by atoms with van der Waals surface area (Å²) in [7, 11) is -0.516. The normalized spacial score (nSPS) is 16.6. The molecule has 1 atom stereocenters. The van der Waals surface area contributed by atoms with Gasteiger partial charge < -0.3 is 0 Å². The predicted molar refractivity (Wildman–Crippen MR) is 138 cm³/mol. The van der Waals surface area contributed by atoms with E-state index in [1.165, 1.54) is 0 Å². The van der Waals surface area contributed by atoms with Gasteiger partial charge in [0.2, 0.25) is 0 Å². The molecule has 1 saturated heterocycles. The first-order chi connectivity index (χ1) is 15.9. The SMILES string of the molecule is CCCC(C(=O)Nc1c(C)cc(OC)cc1C)[PH]1(CC(=O)OCc2ccccc2)CCCC1. The van der Waals surface area contributed by atoms with Crippen LogP contribution >= 0.6 is 7.26 Å². The van der Waals surface area contributed by atoms with Gasteiger partial charge >= 0.3 is 198 Å². The van der Waals surface area contributed by atoms with Crippen LogP contribution in [-0.4, -0.2) is 43.1 Å². The molecule has 0 aromatic heterocycles. The first-order valence-corrected chi connectivity index (χ1v) is 14.7. The molecule has 1 aliphatic rings. The van der Waals surface area contributed by atoms with Crippen molar-refractivity contribution in [3.05, 3.63) is 59.2 Å². The van der Waals surface area contributed by atoms with Gasteiger partial charge in [0.05, 0.1) is 0 Å². The monoisotopic (exact) mass is 471 g/mol. The van der Waals surface area contributed by atoms with Crippen molar-refractivity contribution in [2.24, 2.45) is 0 Å². The number of carbonyl (C=O) groups is 2. The Morgan fingerprint density at radius 1 is 1.06 bits per heavy atom. The zero-order chi connectivity index (χ0) is 23.8. The Morgan fingerprint density at radius 3 is 2.27 bits per heavy atom. The van der Waals surface area contributed by atoms with Crippen molar-refractivity contribution >= 4 is 24.8 Å². The van der Waals surface area contributed by atoms with E-state index in [0.717, 1.165) is 66.1 Å². The van der Waals surface area contributed by atoms with Gasteiger partial charge in [-0.1, -0.05) is 0 Å². The van der Waals surface area contributed by atoms with Gasteiger partial charge in [-0.15, -0.1) is 0 Å². The molecule has 0 saturated carbocycles. The van der Waals surface area contributed by atoms with Crippen LogP contribution in [-0.2, 0) is 20.9 Å². The molecule has 1 unspecified atom stereocenters. The molecule has 6 heteroatoms. The first-order valence-electron chi connectivity index (χ1n) is 12.0. The molecule has 1 amide bonds. The van der Waals surface area contributed by atoms with Crippen molar-refractivity contribution in [3.8, 4) is 5.75 Å². The minimum atomic E-state index is -2.16. The van der Waals surface area contributed by atoms with E-state index in [9.17, 15) is 9.59 Å². The van der Waals surface area contributed by atoms with Crippen molar-refractivity contribution in [1.82, 2.24) is 0 Å². The van der Waals surface area contributed by atoms with Gasteiger partial charge in [0.15, 0.2) is 0 Å². The van der Waals surface area contributed by atoms with Crippen LogP contribution in [0.4, 0.5) is 5.69 Å². The predicted octanol–water partition coefficient (Wildman–Crippen LogP) is 5.71. The molecule has 0 spiro atoms. The van der Waals surface area contributed by atoms with Gasteiger partial charge in [0.25, 0.3) is 0 Å². The second-order valence-electron chi connectivity index (χ2n) is 9.36. The number of hydrogen-bond donors (Lipinski definition) is 1. The van der Waals surface area contributed by atoms with Gasteiger partial charge in [-0.05, 0) is 0 Å².